The lowest BCUT2D eigenvalue weighted by Crippen LogP contribution is -2.31. The van der Waals surface area contributed by atoms with Gasteiger partial charge in [-0.3, -0.25) is 4.79 Å². The van der Waals surface area contributed by atoms with Crippen molar-refractivity contribution < 1.29 is 22.7 Å². The maximum Gasteiger partial charge on any atom is 0.414 e. The Morgan fingerprint density at radius 2 is 2.05 bits per heavy atom. The van der Waals surface area contributed by atoms with Gasteiger partial charge in [-0.1, -0.05) is 0 Å². The number of aliphatic hydroxyl groups is 1. The number of nitrogens with zero attached hydrogens (tertiary/aromatic N) is 1. The Kier molecular flexibility index (Phi) is 3.27. The third-order valence-corrected chi connectivity index (χ3v) is 2.48. The summed E-state index contributed by atoms with van der Waals surface area (Å²) < 4.78 is 49.5. The average molecular weight is 276 g/mol. The van der Waals surface area contributed by atoms with E-state index in [9.17, 15) is 22.4 Å². The molecule has 102 valence electrons. The van der Waals surface area contributed by atoms with Crippen LogP contribution in [0.5, 0.6) is 0 Å². The van der Waals surface area contributed by atoms with Crippen molar-refractivity contribution in [2.24, 2.45) is 0 Å². The van der Waals surface area contributed by atoms with E-state index in [-0.39, 0.29) is 16.7 Å². The zero-order valence-corrected chi connectivity index (χ0v) is 9.33. The number of benzene rings is 1. The van der Waals surface area contributed by atoms with Crippen LogP contribution < -0.4 is 5.56 Å². The number of hydrogen-bond acceptors (Lipinski definition) is 3. The molecule has 0 aliphatic carbocycles. The number of fused-ring (bicyclic) bond motifs is 1. The van der Waals surface area contributed by atoms with Gasteiger partial charge in [0.1, 0.15) is 11.6 Å². The maximum absolute atomic E-state index is 12.9. The fourth-order valence-electron chi connectivity index (χ4n) is 1.55. The van der Waals surface area contributed by atoms with Gasteiger partial charge in [0.15, 0.2) is 6.10 Å². The Morgan fingerprint density at radius 1 is 1.37 bits per heavy atom. The number of H-pyrrole nitrogens is 1. The van der Waals surface area contributed by atoms with Crippen molar-refractivity contribution in [2.75, 3.05) is 0 Å². The smallest absolute Gasteiger partial charge is 0.383 e. The van der Waals surface area contributed by atoms with Crippen LogP contribution in [-0.4, -0.2) is 27.4 Å². The molecule has 2 N–H and O–H groups in total. The molecule has 2 rings (SSSR count). The van der Waals surface area contributed by atoms with Crippen LogP contribution in [0.2, 0.25) is 0 Å². The Morgan fingerprint density at radius 3 is 2.68 bits per heavy atom. The number of nitrogens with one attached hydrogen (secondary N) is 1. The third-order valence-electron chi connectivity index (χ3n) is 2.48. The number of hydrogen-bond donors (Lipinski definition) is 2. The van der Waals surface area contributed by atoms with Crippen molar-refractivity contribution in [1.29, 1.82) is 0 Å². The molecule has 1 aromatic carbocycles. The lowest BCUT2D eigenvalue weighted by atomic mass is 10.2. The van der Waals surface area contributed by atoms with Crippen LogP contribution in [0.3, 0.4) is 0 Å². The minimum absolute atomic E-state index is 0.0644. The van der Waals surface area contributed by atoms with Gasteiger partial charge in [-0.2, -0.15) is 13.2 Å². The highest BCUT2D eigenvalue weighted by Gasteiger charge is 2.38. The Labute approximate surface area is 103 Å². The normalized spacial score (nSPS) is 13.7. The van der Waals surface area contributed by atoms with Crippen LogP contribution in [0.4, 0.5) is 17.6 Å². The van der Waals surface area contributed by atoms with Crippen LogP contribution in [0.15, 0.2) is 23.0 Å². The van der Waals surface area contributed by atoms with Crippen molar-refractivity contribution in [3.05, 3.63) is 40.2 Å². The first-order valence-corrected chi connectivity index (χ1v) is 5.20. The van der Waals surface area contributed by atoms with Crippen LogP contribution in [0.25, 0.3) is 10.9 Å². The summed E-state index contributed by atoms with van der Waals surface area (Å²) in [5, 5.41) is 8.83. The quantitative estimate of drug-likeness (QED) is 0.817. The molecule has 19 heavy (non-hydrogen) atoms. The summed E-state index contributed by atoms with van der Waals surface area (Å²) in [5.74, 6) is -0.961. The third kappa shape index (κ3) is 2.90. The molecule has 1 aromatic heterocycles. The Balaban J connectivity index is 2.42. The van der Waals surface area contributed by atoms with Crippen LogP contribution >= 0.6 is 0 Å². The standard InChI is InChI=1S/C11H8F4N2O2/c12-5-1-2-7-6(3-5)10(19)17-9(16-7)4-8(18)11(13,14)15/h1-3,8,18H,4H2,(H,16,17,19). The highest BCUT2D eigenvalue weighted by Crippen LogP contribution is 2.22. The zero-order chi connectivity index (χ0) is 14.2. The number of aromatic amines is 1. The van der Waals surface area contributed by atoms with Crippen molar-refractivity contribution in [1.82, 2.24) is 9.97 Å². The van der Waals surface area contributed by atoms with Crippen LogP contribution in [-0.2, 0) is 6.42 Å². The lowest BCUT2D eigenvalue weighted by molar-refractivity contribution is -0.203. The minimum atomic E-state index is -4.80. The zero-order valence-electron chi connectivity index (χ0n) is 9.33. The summed E-state index contributed by atoms with van der Waals surface area (Å²) >= 11 is 0. The first-order valence-electron chi connectivity index (χ1n) is 5.20. The molecular weight excluding hydrogens is 268 g/mol. The topological polar surface area (TPSA) is 66.0 Å². The molecule has 0 amide bonds. The van der Waals surface area contributed by atoms with Crippen LogP contribution in [0, 0.1) is 5.82 Å². The lowest BCUT2D eigenvalue weighted by Gasteiger charge is -2.13. The maximum atomic E-state index is 12.9. The number of alkyl halides is 3. The number of aliphatic hydroxyl groups excluding tert-OH is 1. The molecule has 0 aliphatic rings. The first-order chi connectivity index (χ1) is 8.77. The predicted octanol–water partition coefficient (Wildman–Crippen LogP) is 1.53. The van der Waals surface area contributed by atoms with Crippen molar-refractivity contribution >= 4 is 10.9 Å². The number of aromatic nitrogens is 2. The van der Waals surface area contributed by atoms with E-state index in [0.29, 0.717) is 0 Å². The fraction of sp³-hybridized carbons (Fsp3) is 0.273. The monoisotopic (exact) mass is 276 g/mol. The Hall–Kier alpha value is -1.96. The van der Waals surface area contributed by atoms with E-state index in [2.05, 4.69) is 9.97 Å². The van der Waals surface area contributed by atoms with Crippen molar-refractivity contribution in [3.63, 3.8) is 0 Å². The number of rotatable bonds is 2. The molecule has 0 saturated heterocycles. The van der Waals surface area contributed by atoms with Gasteiger partial charge in [-0.15, -0.1) is 0 Å². The average Bonchev–Trinajstić information content (AvgIpc) is 2.29. The highest BCUT2D eigenvalue weighted by atomic mass is 19.4. The van der Waals surface area contributed by atoms with E-state index in [1.54, 1.807) is 0 Å². The molecular formula is C11H8F4N2O2. The van der Waals surface area contributed by atoms with E-state index in [1.807, 2.05) is 0 Å². The van der Waals surface area contributed by atoms with Gasteiger partial charge in [0.05, 0.1) is 10.9 Å². The molecule has 2 aromatic rings. The molecule has 0 aliphatic heterocycles. The summed E-state index contributed by atoms with van der Waals surface area (Å²) in [7, 11) is 0. The minimum Gasteiger partial charge on any atom is -0.383 e. The van der Waals surface area contributed by atoms with E-state index in [0.717, 1.165) is 12.1 Å². The summed E-state index contributed by atoms with van der Waals surface area (Å²) in [4.78, 5) is 17.4. The molecule has 1 atom stereocenters. The molecule has 1 unspecified atom stereocenters. The molecule has 0 radical (unpaired) electrons. The molecule has 0 saturated carbocycles. The molecule has 0 bridgehead atoms. The van der Waals surface area contributed by atoms with Gasteiger partial charge >= 0.3 is 6.18 Å². The summed E-state index contributed by atoms with van der Waals surface area (Å²) in [6.07, 6.45) is -8.28. The van der Waals surface area contributed by atoms with Gasteiger partial charge in [0.2, 0.25) is 0 Å². The second-order valence-corrected chi connectivity index (χ2v) is 3.94. The second-order valence-electron chi connectivity index (χ2n) is 3.94. The largest absolute Gasteiger partial charge is 0.414 e. The Bertz CT molecular complexity index is 666. The molecule has 4 nitrogen and oxygen atoms in total. The summed E-state index contributed by atoms with van der Waals surface area (Å²) in [6.45, 7) is 0. The van der Waals surface area contributed by atoms with E-state index in [4.69, 9.17) is 5.11 Å². The molecule has 0 fully saturated rings. The SMILES string of the molecule is O=c1[nH]c(CC(O)C(F)(F)F)nc2ccc(F)cc12. The number of halogens is 4. The summed E-state index contributed by atoms with van der Waals surface area (Å²) in [6, 6.07) is 3.16. The van der Waals surface area contributed by atoms with E-state index < -0.39 is 30.1 Å². The van der Waals surface area contributed by atoms with Gasteiger partial charge in [-0.05, 0) is 18.2 Å². The van der Waals surface area contributed by atoms with E-state index >= 15 is 0 Å². The van der Waals surface area contributed by atoms with Gasteiger partial charge in [0, 0.05) is 6.42 Å². The molecule has 1 heterocycles. The van der Waals surface area contributed by atoms with Gasteiger partial charge in [-0.25, -0.2) is 9.37 Å². The van der Waals surface area contributed by atoms with Crippen LogP contribution in [0.1, 0.15) is 5.82 Å². The van der Waals surface area contributed by atoms with Crippen molar-refractivity contribution in [3.8, 4) is 0 Å². The highest BCUT2D eigenvalue weighted by molar-refractivity contribution is 5.77. The fourth-order valence-corrected chi connectivity index (χ4v) is 1.55. The molecule has 0 spiro atoms. The molecule has 8 heteroatoms. The van der Waals surface area contributed by atoms with E-state index in [1.165, 1.54) is 6.07 Å². The summed E-state index contributed by atoms with van der Waals surface area (Å²) in [5.41, 5.74) is -0.691. The van der Waals surface area contributed by atoms with Gasteiger partial charge in [0.25, 0.3) is 5.56 Å². The predicted molar refractivity (Wildman–Crippen MR) is 58.1 cm³/mol. The van der Waals surface area contributed by atoms with Crippen molar-refractivity contribution in [2.45, 2.75) is 18.7 Å². The second kappa shape index (κ2) is 4.61. The first kappa shape index (κ1) is 13.5. The van der Waals surface area contributed by atoms with Gasteiger partial charge < -0.3 is 10.1 Å².